The van der Waals surface area contributed by atoms with Crippen LogP contribution in [0.2, 0.25) is 19.1 Å². The average Bonchev–Trinajstić information content (AvgIpc) is 2.34. The molecule has 0 aromatic rings. The Morgan fingerprint density at radius 1 is 0.579 bits per heavy atom. The topological polar surface area (TPSA) is 20.2 Å². The third-order valence-corrected chi connectivity index (χ3v) is 5.47. The molecule has 0 atom stereocenters. The molecule has 0 amide bonds. The van der Waals surface area contributed by atoms with E-state index in [9.17, 15) is 4.80 Å². The van der Waals surface area contributed by atoms with Crippen LogP contribution in [0.5, 0.6) is 0 Å². The largest absolute Gasteiger partial charge is 0.432 e. The molecule has 0 unspecified atom stereocenters. The number of hydrogen-bond acceptors (Lipinski definition) is 1. The highest BCUT2D eigenvalue weighted by Gasteiger charge is 2.14. The van der Waals surface area contributed by atoms with Crippen LogP contribution in [0.1, 0.15) is 90.4 Å². The summed E-state index contributed by atoms with van der Waals surface area (Å²) in [5.41, 5.74) is 0. The van der Waals surface area contributed by atoms with Crippen molar-refractivity contribution in [1.82, 2.24) is 0 Å². The van der Waals surface area contributed by atoms with Crippen molar-refractivity contribution in [1.29, 1.82) is 0 Å². The minimum atomic E-state index is -1.76. The van der Waals surface area contributed by atoms with Gasteiger partial charge in [-0.1, -0.05) is 90.4 Å². The molecular weight excluding hydrogens is 248 g/mol. The zero-order valence-corrected chi connectivity index (χ0v) is 14.8. The van der Waals surface area contributed by atoms with E-state index < -0.39 is 8.32 Å². The van der Waals surface area contributed by atoms with Crippen LogP contribution in [-0.4, -0.2) is 13.1 Å². The van der Waals surface area contributed by atoms with Gasteiger partial charge in [0.1, 0.15) is 0 Å². The first-order valence-electron chi connectivity index (χ1n) is 8.78. The van der Waals surface area contributed by atoms with Crippen LogP contribution in [0.3, 0.4) is 0 Å². The quantitative estimate of drug-likeness (QED) is 0.294. The van der Waals surface area contributed by atoms with Crippen molar-refractivity contribution in [3.8, 4) is 0 Å². The molecule has 0 rings (SSSR count). The van der Waals surface area contributed by atoms with Gasteiger partial charge in [0.05, 0.1) is 0 Å². The minimum absolute atomic E-state index is 1.09. The molecule has 0 aromatic carbocycles. The maximum atomic E-state index is 9.73. The molecule has 1 nitrogen and oxygen atoms in total. The summed E-state index contributed by atoms with van der Waals surface area (Å²) in [4.78, 5) is 9.73. The first-order chi connectivity index (χ1) is 9.06. The Bertz CT molecular complexity index is 175. The van der Waals surface area contributed by atoms with Crippen LogP contribution in [0.15, 0.2) is 0 Å². The van der Waals surface area contributed by atoms with Gasteiger partial charge in [0.15, 0.2) is 8.32 Å². The molecule has 0 saturated carbocycles. The SMILES string of the molecule is CCCCCCCCCCCCCCC[Si](C)(C)O. The van der Waals surface area contributed by atoms with E-state index in [1.54, 1.807) is 0 Å². The highest BCUT2D eigenvalue weighted by Crippen LogP contribution is 2.15. The molecule has 19 heavy (non-hydrogen) atoms. The normalized spacial score (nSPS) is 12.0. The van der Waals surface area contributed by atoms with Gasteiger partial charge < -0.3 is 4.80 Å². The maximum absolute atomic E-state index is 9.73. The van der Waals surface area contributed by atoms with Crippen molar-refractivity contribution in [3.63, 3.8) is 0 Å². The first-order valence-corrected chi connectivity index (χ1v) is 11.9. The Kier molecular flexibility index (Phi) is 13.3. The molecule has 0 aliphatic rings. The van der Waals surface area contributed by atoms with Crippen molar-refractivity contribution in [3.05, 3.63) is 0 Å². The molecule has 0 aliphatic heterocycles. The van der Waals surface area contributed by atoms with Crippen LogP contribution in [-0.2, 0) is 0 Å². The molecule has 0 bridgehead atoms. The standard InChI is InChI=1S/C17H38OSi/c1-4-5-6-7-8-9-10-11-12-13-14-15-16-17-19(2,3)18/h18H,4-17H2,1-3H3. The molecule has 116 valence electrons. The number of hydrogen-bond donors (Lipinski definition) is 1. The lowest BCUT2D eigenvalue weighted by Crippen LogP contribution is -2.23. The molecule has 0 heterocycles. The molecule has 0 aromatic heterocycles. The lowest BCUT2D eigenvalue weighted by molar-refractivity contribution is 0.527. The molecule has 0 spiro atoms. The number of rotatable bonds is 14. The van der Waals surface area contributed by atoms with E-state index in [1.807, 2.05) is 13.1 Å². The van der Waals surface area contributed by atoms with Crippen LogP contribution < -0.4 is 0 Å². The molecule has 0 saturated heterocycles. The summed E-state index contributed by atoms with van der Waals surface area (Å²) >= 11 is 0. The van der Waals surface area contributed by atoms with Gasteiger partial charge in [0.2, 0.25) is 0 Å². The second-order valence-corrected chi connectivity index (χ2v) is 10.9. The van der Waals surface area contributed by atoms with Gasteiger partial charge in [-0.15, -0.1) is 0 Å². The lowest BCUT2D eigenvalue weighted by atomic mass is 10.1. The van der Waals surface area contributed by atoms with Gasteiger partial charge in [-0.2, -0.15) is 0 Å². The summed E-state index contributed by atoms with van der Waals surface area (Å²) in [5.74, 6) is 0. The van der Waals surface area contributed by atoms with Gasteiger partial charge in [0.25, 0.3) is 0 Å². The van der Waals surface area contributed by atoms with E-state index in [0.29, 0.717) is 0 Å². The average molecular weight is 287 g/mol. The predicted molar refractivity (Wildman–Crippen MR) is 90.2 cm³/mol. The Morgan fingerprint density at radius 3 is 1.21 bits per heavy atom. The molecule has 0 aliphatic carbocycles. The van der Waals surface area contributed by atoms with E-state index in [2.05, 4.69) is 6.92 Å². The van der Waals surface area contributed by atoms with E-state index >= 15 is 0 Å². The summed E-state index contributed by atoms with van der Waals surface area (Å²) in [5, 5.41) is 0. The molecular formula is C17H38OSi. The minimum Gasteiger partial charge on any atom is -0.432 e. The second-order valence-electron chi connectivity index (χ2n) is 6.81. The van der Waals surface area contributed by atoms with Gasteiger partial charge >= 0.3 is 0 Å². The van der Waals surface area contributed by atoms with Crippen molar-refractivity contribution >= 4 is 8.32 Å². The monoisotopic (exact) mass is 286 g/mol. The maximum Gasteiger partial charge on any atom is 0.182 e. The fraction of sp³-hybridized carbons (Fsp3) is 1.00. The first kappa shape index (κ1) is 19.2. The summed E-state index contributed by atoms with van der Waals surface area (Å²) in [7, 11) is -1.76. The van der Waals surface area contributed by atoms with E-state index in [1.165, 1.54) is 83.5 Å². The van der Waals surface area contributed by atoms with Crippen molar-refractivity contribution in [2.75, 3.05) is 0 Å². The fourth-order valence-electron chi connectivity index (χ4n) is 2.58. The second kappa shape index (κ2) is 13.2. The highest BCUT2D eigenvalue weighted by molar-refractivity contribution is 6.69. The third-order valence-electron chi connectivity index (χ3n) is 3.89. The molecule has 1 N–H and O–H groups in total. The summed E-state index contributed by atoms with van der Waals surface area (Å²) in [6.07, 6.45) is 18.3. The Hall–Kier alpha value is 0.177. The van der Waals surface area contributed by atoms with Gasteiger partial charge in [-0.05, 0) is 19.1 Å². The van der Waals surface area contributed by atoms with Gasteiger partial charge in [0, 0.05) is 0 Å². The van der Waals surface area contributed by atoms with Crippen LogP contribution in [0.4, 0.5) is 0 Å². The van der Waals surface area contributed by atoms with Crippen LogP contribution >= 0.6 is 0 Å². The zero-order valence-electron chi connectivity index (χ0n) is 13.8. The van der Waals surface area contributed by atoms with Crippen LogP contribution in [0.25, 0.3) is 0 Å². The van der Waals surface area contributed by atoms with Crippen LogP contribution in [0, 0.1) is 0 Å². The summed E-state index contributed by atoms with van der Waals surface area (Å²) in [6.45, 7) is 6.38. The zero-order chi connectivity index (χ0) is 14.4. The Labute approximate surface area is 123 Å². The summed E-state index contributed by atoms with van der Waals surface area (Å²) in [6, 6.07) is 1.09. The van der Waals surface area contributed by atoms with E-state index in [-0.39, 0.29) is 0 Å². The Morgan fingerprint density at radius 2 is 0.895 bits per heavy atom. The van der Waals surface area contributed by atoms with Crippen molar-refractivity contribution < 1.29 is 4.80 Å². The summed E-state index contributed by atoms with van der Waals surface area (Å²) < 4.78 is 0. The van der Waals surface area contributed by atoms with Gasteiger partial charge in [-0.25, -0.2) is 0 Å². The van der Waals surface area contributed by atoms with Crippen molar-refractivity contribution in [2.24, 2.45) is 0 Å². The lowest BCUT2D eigenvalue weighted by Gasteiger charge is -2.12. The smallest absolute Gasteiger partial charge is 0.182 e. The third kappa shape index (κ3) is 18.2. The Balaban J connectivity index is 2.99. The van der Waals surface area contributed by atoms with Gasteiger partial charge in [-0.3, -0.25) is 0 Å². The predicted octanol–water partition coefficient (Wildman–Crippen LogP) is 6.28. The van der Waals surface area contributed by atoms with E-state index in [4.69, 9.17) is 0 Å². The molecule has 2 heteroatoms. The number of unbranched alkanes of at least 4 members (excludes halogenated alkanes) is 12. The van der Waals surface area contributed by atoms with Crippen molar-refractivity contribution in [2.45, 2.75) is 110 Å². The molecule has 0 fully saturated rings. The fourth-order valence-corrected chi connectivity index (χ4v) is 3.69. The van der Waals surface area contributed by atoms with E-state index in [0.717, 1.165) is 6.04 Å². The molecule has 0 radical (unpaired) electrons. The highest BCUT2D eigenvalue weighted by atomic mass is 28.4.